The lowest BCUT2D eigenvalue weighted by atomic mass is 10.0. The van der Waals surface area contributed by atoms with Crippen LogP contribution in [0.15, 0.2) is 18.2 Å². The van der Waals surface area contributed by atoms with Crippen LogP contribution in [0.2, 0.25) is 0 Å². The van der Waals surface area contributed by atoms with Crippen LogP contribution in [0.3, 0.4) is 0 Å². The number of carboxylic acid groups (broad SMARTS) is 1. The van der Waals surface area contributed by atoms with E-state index in [9.17, 15) is 24.6 Å². The summed E-state index contributed by atoms with van der Waals surface area (Å²) in [5, 5.41) is 23.6. The molecule has 9 nitrogen and oxygen atoms in total. The van der Waals surface area contributed by atoms with Gasteiger partial charge in [0.25, 0.3) is 11.8 Å². The van der Waals surface area contributed by atoms with Crippen molar-refractivity contribution in [2.45, 2.75) is 44.6 Å². The number of amides is 2. The Morgan fingerprint density at radius 3 is 2.78 bits per heavy atom. The average molecular weight is 458 g/mol. The maximum absolute atomic E-state index is 12.7. The van der Waals surface area contributed by atoms with Crippen molar-refractivity contribution in [1.29, 1.82) is 0 Å². The molecule has 2 aromatic rings. The van der Waals surface area contributed by atoms with Gasteiger partial charge in [0.15, 0.2) is 0 Å². The number of carbonyl (C=O) groups excluding carboxylic acids is 2. The van der Waals surface area contributed by atoms with Gasteiger partial charge in [-0.15, -0.1) is 11.3 Å². The predicted octanol–water partition coefficient (Wildman–Crippen LogP) is 2.83. The third-order valence-electron chi connectivity index (χ3n) is 6.02. The summed E-state index contributed by atoms with van der Waals surface area (Å²) in [5.41, 5.74) is 1.02. The quantitative estimate of drug-likeness (QED) is 0.584. The predicted molar refractivity (Wildman–Crippen MR) is 114 cm³/mol. The Morgan fingerprint density at radius 2 is 2.06 bits per heavy atom. The summed E-state index contributed by atoms with van der Waals surface area (Å²) >= 11 is 1.34. The van der Waals surface area contributed by atoms with Crippen molar-refractivity contribution < 1.29 is 34.1 Å². The van der Waals surface area contributed by atoms with Crippen LogP contribution in [0, 0.1) is 0 Å². The van der Waals surface area contributed by atoms with E-state index in [0.717, 1.165) is 29.0 Å². The van der Waals surface area contributed by atoms with Gasteiger partial charge in [0, 0.05) is 17.9 Å². The summed E-state index contributed by atoms with van der Waals surface area (Å²) < 4.78 is 11.6. The van der Waals surface area contributed by atoms with E-state index in [4.69, 9.17) is 9.47 Å². The third-order valence-corrected chi connectivity index (χ3v) is 7.16. The standard InChI is InChI=1S/C22H22N2O7S/c25-14-5-3-4-12-17(14)21(27)24(20(12)26)9-11-8-13-15(10-31-11)32-19(18(13)22(28)29)23-16-6-1-2-7-30-16/h3-5,11,16,23,25H,1-2,6-10H2,(H,28,29). The van der Waals surface area contributed by atoms with Crippen molar-refractivity contribution in [3.05, 3.63) is 45.3 Å². The highest BCUT2D eigenvalue weighted by atomic mass is 32.1. The second kappa shape index (κ2) is 8.19. The van der Waals surface area contributed by atoms with Gasteiger partial charge in [-0.3, -0.25) is 14.5 Å². The number of nitrogens with one attached hydrogen (secondary N) is 1. The lowest BCUT2D eigenvalue weighted by Crippen LogP contribution is -2.40. The minimum absolute atomic E-state index is 0.00488. The van der Waals surface area contributed by atoms with Crippen molar-refractivity contribution in [2.75, 3.05) is 18.5 Å². The van der Waals surface area contributed by atoms with Crippen molar-refractivity contribution >= 4 is 34.1 Å². The van der Waals surface area contributed by atoms with Crippen molar-refractivity contribution in [3.8, 4) is 5.75 Å². The Hall–Kier alpha value is -2.95. The first kappa shape index (κ1) is 20.9. The zero-order chi connectivity index (χ0) is 22.4. The van der Waals surface area contributed by atoms with Gasteiger partial charge in [0.05, 0.1) is 35.9 Å². The first-order valence-electron chi connectivity index (χ1n) is 10.5. The van der Waals surface area contributed by atoms with Gasteiger partial charge >= 0.3 is 5.97 Å². The van der Waals surface area contributed by atoms with E-state index < -0.39 is 23.9 Å². The van der Waals surface area contributed by atoms with Crippen LogP contribution in [0.1, 0.15) is 60.8 Å². The molecule has 3 N–H and O–H groups in total. The summed E-state index contributed by atoms with van der Waals surface area (Å²) in [5.74, 6) is -2.33. The van der Waals surface area contributed by atoms with E-state index in [1.54, 1.807) is 0 Å². The number of carbonyl (C=O) groups is 3. The van der Waals surface area contributed by atoms with Gasteiger partial charge in [-0.25, -0.2) is 4.79 Å². The molecule has 10 heteroatoms. The second-order valence-electron chi connectivity index (χ2n) is 8.07. The Bertz CT molecular complexity index is 1110. The zero-order valence-corrected chi connectivity index (χ0v) is 17.9. The highest BCUT2D eigenvalue weighted by Crippen LogP contribution is 2.39. The molecule has 1 saturated heterocycles. The number of aromatic hydroxyl groups is 1. The lowest BCUT2D eigenvalue weighted by Gasteiger charge is -2.26. The largest absolute Gasteiger partial charge is 0.507 e. The van der Waals surface area contributed by atoms with Gasteiger partial charge in [0.1, 0.15) is 17.0 Å². The molecule has 0 spiro atoms. The smallest absolute Gasteiger partial charge is 0.338 e. The van der Waals surface area contributed by atoms with Gasteiger partial charge in [-0.1, -0.05) is 6.07 Å². The van der Waals surface area contributed by atoms with Crippen LogP contribution < -0.4 is 5.32 Å². The Balaban J connectivity index is 1.36. The molecule has 4 heterocycles. The molecule has 32 heavy (non-hydrogen) atoms. The molecule has 0 saturated carbocycles. The van der Waals surface area contributed by atoms with Crippen LogP contribution in [-0.4, -0.2) is 58.4 Å². The molecule has 1 aromatic heterocycles. The number of nitrogens with zero attached hydrogens (tertiary/aromatic N) is 1. The summed E-state index contributed by atoms with van der Waals surface area (Å²) in [7, 11) is 0. The number of imide groups is 1. The number of benzene rings is 1. The second-order valence-corrected chi connectivity index (χ2v) is 9.18. The number of hydrogen-bond donors (Lipinski definition) is 3. The van der Waals surface area contributed by atoms with E-state index in [1.807, 2.05) is 0 Å². The highest BCUT2D eigenvalue weighted by Gasteiger charge is 2.40. The van der Waals surface area contributed by atoms with Crippen LogP contribution >= 0.6 is 11.3 Å². The first-order valence-corrected chi connectivity index (χ1v) is 11.3. The lowest BCUT2D eigenvalue weighted by molar-refractivity contribution is 0.00928. The van der Waals surface area contributed by atoms with Crippen molar-refractivity contribution in [1.82, 2.24) is 4.90 Å². The number of hydrogen-bond acceptors (Lipinski definition) is 8. The molecule has 168 valence electrons. The molecule has 3 aliphatic rings. The van der Waals surface area contributed by atoms with Gasteiger partial charge in [-0.05, 0) is 37.0 Å². The number of thiophene rings is 1. The Kier molecular flexibility index (Phi) is 5.36. The zero-order valence-electron chi connectivity index (χ0n) is 17.1. The molecule has 5 rings (SSSR count). The minimum Gasteiger partial charge on any atom is -0.507 e. The fourth-order valence-corrected chi connectivity index (χ4v) is 5.64. The topological polar surface area (TPSA) is 125 Å². The van der Waals surface area contributed by atoms with E-state index in [-0.39, 0.29) is 48.2 Å². The highest BCUT2D eigenvalue weighted by molar-refractivity contribution is 7.16. The number of ether oxygens (including phenoxy) is 2. The summed E-state index contributed by atoms with van der Waals surface area (Å²) in [6.45, 7) is 0.827. The first-order chi connectivity index (χ1) is 15.4. The van der Waals surface area contributed by atoms with E-state index in [1.165, 1.54) is 29.5 Å². The number of carboxylic acids is 1. The molecule has 0 aliphatic carbocycles. The maximum Gasteiger partial charge on any atom is 0.338 e. The van der Waals surface area contributed by atoms with Gasteiger partial charge < -0.3 is 25.0 Å². The van der Waals surface area contributed by atoms with Crippen molar-refractivity contribution in [2.24, 2.45) is 0 Å². The summed E-state index contributed by atoms with van der Waals surface area (Å²) in [4.78, 5) is 39.4. The number of phenolic OH excluding ortho intramolecular Hbond substituents is 1. The molecule has 0 radical (unpaired) electrons. The van der Waals surface area contributed by atoms with Crippen LogP contribution in [-0.2, 0) is 22.5 Å². The van der Waals surface area contributed by atoms with Crippen LogP contribution in [0.4, 0.5) is 5.00 Å². The average Bonchev–Trinajstić information content (AvgIpc) is 3.25. The monoisotopic (exact) mass is 458 g/mol. The molecule has 1 aromatic carbocycles. The van der Waals surface area contributed by atoms with Crippen LogP contribution in [0.25, 0.3) is 0 Å². The van der Waals surface area contributed by atoms with Crippen LogP contribution in [0.5, 0.6) is 5.75 Å². The summed E-state index contributed by atoms with van der Waals surface area (Å²) in [6.07, 6.45) is 2.33. The molecular weight excluding hydrogens is 436 g/mol. The van der Waals surface area contributed by atoms with E-state index in [2.05, 4.69) is 5.32 Å². The summed E-state index contributed by atoms with van der Waals surface area (Å²) in [6, 6.07) is 4.38. The molecule has 2 atom stereocenters. The normalized spacial score (nSPS) is 22.6. The Labute approximate surface area is 187 Å². The molecular formula is C22H22N2O7S. The van der Waals surface area contributed by atoms with Crippen molar-refractivity contribution in [3.63, 3.8) is 0 Å². The number of rotatable bonds is 5. The maximum atomic E-state index is 12.7. The fourth-order valence-electron chi connectivity index (χ4n) is 4.46. The molecule has 3 aliphatic heterocycles. The molecule has 2 unspecified atom stereocenters. The SMILES string of the molecule is O=C(O)c1c(NC2CCCCO2)sc2c1CC(CN1C(=O)c3cccc(O)c3C1=O)OC2. The molecule has 2 amide bonds. The van der Waals surface area contributed by atoms with Gasteiger partial charge in [-0.2, -0.15) is 0 Å². The van der Waals surface area contributed by atoms with E-state index >= 15 is 0 Å². The number of aromatic carboxylic acids is 1. The van der Waals surface area contributed by atoms with Gasteiger partial charge in [0.2, 0.25) is 0 Å². The van der Waals surface area contributed by atoms with E-state index in [0.29, 0.717) is 17.2 Å². The minimum atomic E-state index is -1.04. The number of anilines is 1. The molecule has 1 fully saturated rings. The fraction of sp³-hybridized carbons (Fsp3) is 0.409. The third kappa shape index (κ3) is 3.54. The number of fused-ring (bicyclic) bond motifs is 2. The Morgan fingerprint density at radius 1 is 1.22 bits per heavy atom. The number of phenols is 1. The molecule has 0 bridgehead atoms.